The Bertz CT molecular complexity index is 575. The summed E-state index contributed by atoms with van der Waals surface area (Å²) in [5.74, 6) is 3.06. The third kappa shape index (κ3) is 4.63. The van der Waals surface area contributed by atoms with Crippen molar-refractivity contribution in [1.29, 1.82) is 0 Å². The first kappa shape index (κ1) is 20.4. The molecular weight excluding hydrogens is 365 g/mol. The molecule has 2 rings (SSSR count). The molecule has 0 aliphatic heterocycles. The van der Waals surface area contributed by atoms with Crippen molar-refractivity contribution in [3.05, 3.63) is 23.3 Å². The highest BCUT2D eigenvalue weighted by molar-refractivity contribution is 6.40. The third-order valence-electron chi connectivity index (χ3n) is 5.07. The molecule has 0 bridgehead atoms. The highest BCUT2D eigenvalue weighted by atomic mass is 35.5. The second-order valence-electron chi connectivity index (χ2n) is 6.85. The molecule has 25 heavy (non-hydrogen) atoms. The molecule has 0 aromatic carbocycles. The van der Waals surface area contributed by atoms with Crippen molar-refractivity contribution in [1.82, 2.24) is 5.43 Å². The number of aliphatic hydroxyl groups is 1. The minimum atomic E-state index is -1.77. The van der Waals surface area contributed by atoms with Gasteiger partial charge in [0.25, 0.3) is 0 Å². The van der Waals surface area contributed by atoms with E-state index in [0.29, 0.717) is 12.3 Å². The average Bonchev–Trinajstić information content (AvgIpc) is 2.62. The zero-order chi connectivity index (χ0) is 18.6. The van der Waals surface area contributed by atoms with Crippen LogP contribution in [0.1, 0.15) is 38.5 Å². The van der Waals surface area contributed by atoms with Gasteiger partial charge in [0.2, 0.25) is 5.91 Å². The van der Waals surface area contributed by atoms with Crippen LogP contribution in [0.5, 0.6) is 0 Å². The highest BCUT2D eigenvalue weighted by Gasteiger charge is 2.49. The van der Waals surface area contributed by atoms with Gasteiger partial charge in [0.15, 0.2) is 5.78 Å². The Labute approximate surface area is 157 Å². The summed E-state index contributed by atoms with van der Waals surface area (Å²) in [6, 6.07) is -0.734. The van der Waals surface area contributed by atoms with E-state index < -0.39 is 34.6 Å². The number of carbonyl (C=O) groups excluding carboxylic acids is 2. The van der Waals surface area contributed by atoms with Crippen molar-refractivity contribution in [2.24, 2.45) is 23.4 Å². The van der Waals surface area contributed by atoms with Gasteiger partial charge in [-0.1, -0.05) is 55.9 Å². The number of amides is 1. The molecule has 6 nitrogen and oxygen atoms in total. The van der Waals surface area contributed by atoms with Crippen LogP contribution in [0.25, 0.3) is 0 Å². The van der Waals surface area contributed by atoms with E-state index in [2.05, 4.69) is 0 Å². The molecule has 4 atom stereocenters. The third-order valence-corrected chi connectivity index (χ3v) is 5.87. The summed E-state index contributed by atoms with van der Waals surface area (Å²) in [7, 11) is 0. The zero-order valence-electron chi connectivity index (χ0n) is 14.0. The molecule has 0 aromatic rings. The molecule has 1 amide bonds. The molecule has 2 aliphatic rings. The summed E-state index contributed by atoms with van der Waals surface area (Å²) in [6.45, 7) is 0. The Morgan fingerprint density at radius 2 is 2.00 bits per heavy atom. The van der Waals surface area contributed by atoms with Crippen LogP contribution in [-0.2, 0) is 9.59 Å². The molecule has 0 saturated heterocycles. The van der Waals surface area contributed by atoms with Gasteiger partial charge >= 0.3 is 0 Å². The SMILES string of the molecule is NNC(=O)C1C=C(Cl)C=CC1(Cl)C(=O)C(O)[C@H](N)CC1CCCCC1. The van der Waals surface area contributed by atoms with Crippen molar-refractivity contribution >= 4 is 34.9 Å². The van der Waals surface area contributed by atoms with E-state index in [-0.39, 0.29) is 5.03 Å². The summed E-state index contributed by atoms with van der Waals surface area (Å²) in [4.78, 5) is 23.1. The van der Waals surface area contributed by atoms with E-state index in [4.69, 9.17) is 34.8 Å². The fraction of sp³-hybridized carbons (Fsp3) is 0.647. The van der Waals surface area contributed by atoms with Gasteiger partial charge in [-0.3, -0.25) is 15.0 Å². The highest BCUT2D eigenvalue weighted by Crippen LogP contribution is 2.37. The maximum atomic E-state index is 12.8. The summed E-state index contributed by atoms with van der Waals surface area (Å²) >= 11 is 12.4. The molecule has 8 heteroatoms. The predicted molar refractivity (Wildman–Crippen MR) is 97.7 cm³/mol. The Balaban J connectivity index is 2.12. The Morgan fingerprint density at radius 3 is 2.60 bits per heavy atom. The Hall–Kier alpha value is -0.920. The number of alkyl halides is 1. The maximum Gasteiger partial charge on any atom is 0.243 e. The van der Waals surface area contributed by atoms with Crippen LogP contribution in [0.3, 0.4) is 0 Å². The maximum absolute atomic E-state index is 12.8. The second kappa shape index (κ2) is 8.64. The zero-order valence-corrected chi connectivity index (χ0v) is 15.5. The molecule has 1 fully saturated rings. The number of rotatable bonds is 6. The molecule has 1 saturated carbocycles. The topological polar surface area (TPSA) is 118 Å². The summed E-state index contributed by atoms with van der Waals surface area (Å²) < 4.78 is 0. The van der Waals surface area contributed by atoms with Gasteiger partial charge in [0, 0.05) is 11.1 Å². The van der Waals surface area contributed by atoms with E-state index >= 15 is 0 Å². The number of allylic oxidation sites excluding steroid dienone is 3. The lowest BCUT2D eigenvalue weighted by Crippen LogP contribution is -2.55. The molecular formula is C17H25Cl2N3O3. The van der Waals surface area contributed by atoms with Crippen LogP contribution in [0.4, 0.5) is 0 Å². The minimum Gasteiger partial charge on any atom is -0.384 e. The number of hydrazine groups is 1. The van der Waals surface area contributed by atoms with E-state index in [1.54, 1.807) is 0 Å². The first-order valence-electron chi connectivity index (χ1n) is 8.53. The van der Waals surface area contributed by atoms with Crippen molar-refractivity contribution in [3.63, 3.8) is 0 Å². The normalized spacial score (nSPS) is 29.6. The smallest absolute Gasteiger partial charge is 0.243 e. The van der Waals surface area contributed by atoms with E-state index in [1.807, 2.05) is 5.43 Å². The van der Waals surface area contributed by atoms with Gasteiger partial charge in [-0.05, 0) is 18.4 Å². The molecule has 2 aliphatic carbocycles. The van der Waals surface area contributed by atoms with Crippen LogP contribution < -0.4 is 17.0 Å². The molecule has 3 unspecified atom stereocenters. The molecule has 140 valence electrons. The van der Waals surface area contributed by atoms with Crippen molar-refractivity contribution in [2.45, 2.75) is 55.5 Å². The van der Waals surface area contributed by atoms with E-state index in [0.717, 1.165) is 25.7 Å². The summed E-state index contributed by atoms with van der Waals surface area (Å²) in [5, 5.41) is 10.7. The standard InChI is InChI=1S/C17H25Cl2N3O3/c18-11-6-7-17(19,12(9-11)16(25)22-21)15(24)14(23)13(20)8-10-4-2-1-3-5-10/h6-7,9-10,12-14,23H,1-5,8,20-21H2,(H,22,25)/t12?,13-,14?,17?/m1/s1. The molecule has 6 N–H and O–H groups in total. The fourth-order valence-corrected chi connectivity index (χ4v) is 4.12. The van der Waals surface area contributed by atoms with Gasteiger partial charge < -0.3 is 10.8 Å². The van der Waals surface area contributed by atoms with Crippen LogP contribution in [-0.4, -0.2) is 33.8 Å². The van der Waals surface area contributed by atoms with Crippen molar-refractivity contribution < 1.29 is 14.7 Å². The number of halogens is 2. The van der Waals surface area contributed by atoms with Gasteiger partial charge in [-0.25, -0.2) is 5.84 Å². The van der Waals surface area contributed by atoms with Crippen molar-refractivity contribution in [3.8, 4) is 0 Å². The quantitative estimate of drug-likeness (QED) is 0.237. The Morgan fingerprint density at radius 1 is 1.36 bits per heavy atom. The number of hydrogen-bond acceptors (Lipinski definition) is 5. The number of carbonyl (C=O) groups is 2. The lowest BCUT2D eigenvalue weighted by Gasteiger charge is -2.34. The molecule has 0 heterocycles. The largest absolute Gasteiger partial charge is 0.384 e. The number of hydrogen-bond donors (Lipinski definition) is 4. The van der Waals surface area contributed by atoms with E-state index in [9.17, 15) is 14.7 Å². The van der Waals surface area contributed by atoms with Crippen molar-refractivity contribution in [2.75, 3.05) is 0 Å². The van der Waals surface area contributed by atoms with Gasteiger partial charge in [0.1, 0.15) is 11.0 Å². The van der Waals surface area contributed by atoms with Crippen LogP contribution in [0.2, 0.25) is 0 Å². The van der Waals surface area contributed by atoms with Gasteiger partial charge in [-0.15, -0.1) is 11.6 Å². The van der Waals surface area contributed by atoms with E-state index in [1.165, 1.54) is 24.6 Å². The first-order chi connectivity index (χ1) is 11.8. The number of nitrogens with two attached hydrogens (primary N) is 2. The molecule has 0 aromatic heterocycles. The monoisotopic (exact) mass is 389 g/mol. The number of aliphatic hydroxyl groups excluding tert-OH is 1. The number of nitrogens with one attached hydrogen (secondary N) is 1. The fourth-order valence-electron chi connectivity index (χ4n) is 3.59. The summed E-state index contributed by atoms with van der Waals surface area (Å²) in [6.07, 6.45) is 8.77. The van der Waals surface area contributed by atoms with Crippen LogP contribution in [0, 0.1) is 11.8 Å². The van der Waals surface area contributed by atoms with Gasteiger partial charge in [-0.2, -0.15) is 0 Å². The predicted octanol–water partition coefficient (Wildman–Crippen LogP) is 1.49. The average molecular weight is 390 g/mol. The lowest BCUT2D eigenvalue weighted by molar-refractivity contribution is -0.135. The van der Waals surface area contributed by atoms with Gasteiger partial charge in [0.05, 0.1) is 5.92 Å². The molecule has 0 radical (unpaired) electrons. The number of Topliss-reactive ketones (excluding diaryl/α,β-unsaturated/α-hetero) is 1. The number of ketones is 1. The van der Waals surface area contributed by atoms with Crippen LogP contribution >= 0.6 is 23.2 Å². The minimum absolute atomic E-state index is 0.263. The molecule has 0 spiro atoms. The van der Waals surface area contributed by atoms with Crippen LogP contribution in [0.15, 0.2) is 23.3 Å². The Kier molecular flexibility index (Phi) is 7.05. The first-order valence-corrected chi connectivity index (χ1v) is 9.29. The summed E-state index contributed by atoms with van der Waals surface area (Å²) in [5.41, 5.74) is 8.05. The second-order valence-corrected chi connectivity index (χ2v) is 7.91. The lowest BCUT2D eigenvalue weighted by atomic mass is 9.78.